The van der Waals surface area contributed by atoms with Crippen molar-refractivity contribution in [1.82, 2.24) is 2.84 Å². The summed E-state index contributed by atoms with van der Waals surface area (Å²) in [5.41, 5.74) is 0. The number of rotatable bonds is 2. The zero-order valence-corrected chi connectivity index (χ0v) is 8.34. The van der Waals surface area contributed by atoms with Crippen LogP contribution in [0.5, 0.6) is 0 Å². The summed E-state index contributed by atoms with van der Waals surface area (Å²) in [6, 6.07) is 0. The Morgan fingerprint density at radius 1 is 1.56 bits per heavy atom. The van der Waals surface area contributed by atoms with Gasteiger partial charge < -0.3 is 0 Å². The van der Waals surface area contributed by atoms with Gasteiger partial charge in [-0.1, -0.05) is 0 Å². The van der Waals surface area contributed by atoms with Gasteiger partial charge >= 0.3 is 68.4 Å². The second kappa shape index (κ2) is 3.48. The molecular weight excluding hydrogens is 189 g/mol. The van der Waals surface area contributed by atoms with E-state index in [0.717, 1.165) is 0 Å². The molecule has 1 aliphatic carbocycles. The van der Waals surface area contributed by atoms with Gasteiger partial charge in [0.1, 0.15) is 0 Å². The molecule has 0 fully saturated rings. The van der Waals surface area contributed by atoms with Crippen LogP contribution >= 0.6 is 0 Å². The summed E-state index contributed by atoms with van der Waals surface area (Å²) < 4.78 is 4.05. The molecule has 0 spiro atoms. The zero-order valence-electron chi connectivity index (χ0n) is 5.89. The minimum absolute atomic E-state index is 0.303. The number of hydrogen-bond donors (Lipinski definition) is 0. The first-order valence-corrected chi connectivity index (χ1v) is 5.41. The topological polar surface area (TPSA) is 3.24 Å². The molecule has 0 aromatic heterocycles. The summed E-state index contributed by atoms with van der Waals surface area (Å²) in [4.78, 5) is 0. The monoisotopic (exact) mass is 199 g/mol. The maximum absolute atomic E-state index is 2.36. The van der Waals surface area contributed by atoms with E-state index in [1.165, 1.54) is 6.42 Å². The molecule has 0 atom stereocenters. The third-order valence-electron chi connectivity index (χ3n) is 1.14. The van der Waals surface area contributed by atoms with Gasteiger partial charge in [-0.3, -0.25) is 0 Å². The molecule has 0 N–H and O–H groups in total. The molecular formula is C7H11NZr. The van der Waals surface area contributed by atoms with Crippen molar-refractivity contribution >= 4 is 0 Å². The Morgan fingerprint density at radius 2 is 2.33 bits per heavy atom. The molecule has 0 amide bonds. The minimum atomic E-state index is -0.303. The van der Waals surface area contributed by atoms with Crippen molar-refractivity contribution < 1.29 is 23.5 Å². The molecule has 0 aromatic carbocycles. The fraction of sp³-hybridized carbons (Fsp3) is 0.429. The Balaban J connectivity index is 2.30. The van der Waals surface area contributed by atoms with E-state index < -0.39 is 0 Å². The molecule has 0 aliphatic heterocycles. The summed E-state index contributed by atoms with van der Waals surface area (Å²) in [7, 11) is 4.34. The van der Waals surface area contributed by atoms with Crippen molar-refractivity contribution in [1.29, 1.82) is 0 Å². The average Bonchev–Trinajstić information content (AvgIpc) is 2.15. The van der Waals surface area contributed by atoms with Crippen LogP contribution < -0.4 is 0 Å². The Kier molecular flexibility index (Phi) is 2.87. The third-order valence-corrected chi connectivity index (χ3v) is 3.86. The zero-order chi connectivity index (χ0) is 6.69. The molecule has 0 saturated carbocycles. The number of nitrogens with zero attached hydrogens (tertiary/aromatic N) is 1. The summed E-state index contributed by atoms with van der Waals surface area (Å²) in [5, 5.41) is 0. The molecule has 0 unspecified atom stereocenters. The third kappa shape index (κ3) is 2.60. The quantitative estimate of drug-likeness (QED) is 0.651. The van der Waals surface area contributed by atoms with Gasteiger partial charge in [0.25, 0.3) is 0 Å². The molecule has 1 aliphatic rings. The van der Waals surface area contributed by atoms with Gasteiger partial charge in [0.05, 0.1) is 0 Å². The summed E-state index contributed by atoms with van der Waals surface area (Å²) >= 11 is -0.303. The van der Waals surface area contributed by atoms with Gasteiger partial charge in [-0.05, 0) is 0 Å². The van der Waals surface area contributed by atoms with Crippen LogP contribution in [0, 0.1) is 0 Å². The molecule has 1 nitrogen and oxygen atoms in total. The van der Waals surface area contributed by atoms with E-state index in [9.17, 15) is 0 Å². The van der Waals surface area contributed by atoms with Gasteiger partial charge in [-0.2, -0.15) is 0 Å². The fourth-order valence-corrected chi connectivity index (χ4v) is 3.16. The van der Waals surface area contributed by atoms with E-state index in [1.54, 1.807) is 3.28 Å². The van der Waals surface area contributed by atoms with Crippen LogP contribution in [0.25, 0.3) is 0 Å². The van der Waals surface area contributed by atoms with Gasteiger partial charge in [0, 0.05) is 0 Å². The molecule has 0 aromatic rings. The van der Waals surface area contributed by atoms with Crippen LogP contribution in [0.3, 0.4) is 0 Å². The standard InChI is InChI=1S/C5H5.C2H6N.Zr/c1-2-4-5-3-1;1-3-2;/h1-3H,4H2;1-2H3;/q;-1;+1. The van der Waals surface area contributed by atoms with Crippen LogP contribution in [0.15, 0.2) is 21.5 Å². The SMILES string of the molecule is C[N](C)[Zr][C]1=CC=CC1. The van der Waals surface area contributed by atoms with Crippen LogP contribution in [0.2, 0.25) is 0 Å². The van der Waals surface area contributed by atoms with Crippen LogP contribution in [0.1, 0.15) is 6.42 Å². The Morgan fingerprint density at radius 3 is 2.78 bits per heavy atom. The van der Waals surface area contributed by atoms with Crippen molar-refractivity contribution in [2.24, 2.45) is 0 Å². The van der Waals surface area contributed by atoms with E-state index in [-0.39, 0.29) is 23.5 Å². The predicted octanol–water partition coefficient (Wildman–Crippen LogP) is 1.39. The first-order valence-electron chi connectivity index (χ1n) is 3.09. The summed E-state index contributed by atoms with van der Waals surface area (Å²) in [6.45, 7) is 0. The van der Waals surface area contributed by atoms with E-state index in [2.05, 4.69) is 35.2 Å². The molecule has 0 radical (unpaired) electrons. The Hall–Kier alpha value is 0.323. The van der Waals surface area contributed by atoms with E-state index in [1.807, 2.05) is 0 Å². The van der Waals surface area contributed by atoms with Gasteiger partial charge in [0.15, 0.2) is 0 Å². The second-order valence-corrected chi connectivity index (χ2v) is 6.66. The van der Waals surface area contributed by atoms with E-state index in [4.69, 9.17) is 0 Å². The second-order valence-electron chi connectivity index (χ2n) is 2.33. The van der Waals surface area contributed by atoms with Gasteiger partial charge in [-0.25, -0.2) is 0 Å². The molecule has 0 heterocycles. The maximum atomic E-state index is 2.36. The van der Waals surface area contributed by atoms with E-state index >= 15 is 0 Å². The first-order chi connectivity index (χ1) is 4.29. The number of allylic oxidation sites excluding steroid dienone is 4. The summed E-state index contributed by atoms with van der Waals surface area (Å²) in [6.07, 6.45) is 7.90. The summed E-state index contributed by atoms with van der Waals surface area (Å²) in [5.74, 6) is 0. The van der Waals surface area contributed by atoms with Gasteiger partial charge in [0.2, 0.25) is 0 Å². The van der Waals surface area contributed by atoms with Crippen molar-refractivity contribution in [3.8, 4) is 0 Å². The molecule has 48 valence electrons. The molecule has 0 saturated heterocycles. The van der Waals surface area contributed by atoms with Crippen molar-refractivity contribution in [3.05, 3.63) is 21.5 Å². The predicted molar refractivity (Wildman–Crippen MR) is 35.5 cm³/mol. The van der Waals surface area contributed by atoms with Crippen molar-refractivity contribution in [2.45, 2.75) is 6.42 Å². The molecule has 9 heavy (non-hydrogen) atoms. The van der Waals surface area contributed by atoms with Crippen molar-refractivity contribution in [2.75, 3.05) is 14.1 Å². The van der Waals surface area contributed by atoms with Crippen molar-refractivity contribution in [3.63, 3.8) is 0 Å². The van der Waals surface area contributed by atoms with E-state index in [0.29, 0.717) is 0 Å². The average molecular weight is 200 g/mol. The number of hydrogen-bond acceptors (Lipinski definition) is 1. The fourth-order valence-electron chi connectivity index (χ4n) is 0.817. The van der Waals surface area contributed by atoms with Crippen LogP contribution in [-0.2, 0) is 23.5 Å². The molecule has 0 bridgehead atoms. The normalized spacial score (nSPS) is 16.6. The van der Waals surface area contributed by atoms with Crippen LogP contribution in [0.4, 0.5) is 0 Å². The Bertz CT molecular complexity index is 147. The Labute approximate surface area is 68.4 Å². The molecule has 1 rings (SSSR count). The first kappa shape index (κ1) is 7.43. The van der Waals surface area contributed by atoms with Crippen LogP contribution in [-0.4, -0.2) is 16.9 Å². The molecule has 2 heteroatoms. The van der Waals surface area contributed by atoms with Gasteiger partial charge in [-0.15, -0.1) is 0 Å².